The summed E-state index contributed by atoms with van der Waals surface area (Å²) in [5.41, 5.74) is 0.622. The van der Waals surface area contributed by atoms with Gasteiger partial charge in [0.15, 0.2) is 5.75 Å². The van der Waals surface area contributed by atoms with Crippen molar-refractivity contribution >= 4 is 11.6 Å². The molecule has 0 spiro atoms. The van der Waals surface area contributed by atoms with Crippen LogP contribution in [-0.2, 0) is 4.79 Å². The number of carbonyl (C=O) groups is 1. The molecule has 0 bridgehead atoms. The van der Waals surface area contributed by atoms with E-state index >= 15 is 0 Å². The first-order chi connectivity index (χ1) is 12.0. The second kappa shape index (κ2) is 9.20. The van der Waals surface area contributed by atoms with E-state index in [-0.39, 0.29) is 18.5 Å². The van der Waals surface area contributed by atoms with Crippen molar-refractivity contribution in [3.63, 3.8) is 0 Å². The molecule has 5 nitrogen and oxygen atoms in total. The van der Waals surface area contributed by atoms with Crippen LogP contribution in [0.15, 0.2) is 54.6 Å². The van der Waals surface area contributed by atoms with Gasteiger partial charge in [-0.05, 0) is 45.0 Å². The minimum absolute atomic E-state index is 0.140. The molecular formula is C20H26N2O3. The van der Waals surface area contributed by atoms with Crippen LogP contribution in [0.5, 0.6) is 11.5 Å². The lowest BCUT2D eigenvalue weighted by Crippen LogP contribution is -2.41. The Morgan fingerprint density at radius 3 is 2.36 bits per heavy atom. The standard InChI is InChI=1S/C20H26N2O3/c1-15(2)22(13-16(3)23)14-20(24)21-18-11-7-8-12-19(18)25-17-9-5-4-6-10-17/h4-12,15-16,23H,13-14H2,1-3H3,(H,21,24). The average Bonchev–Trinajstić information content (AvgIpc) is 2.56. The average molecular weight is 342 g/mol. The number of aliphatic hydroxyl groups excluding tert-OH is 1. The smallest absolute Gasteiger partial charge is 0.238 e. The van der Waals surface area contributed by atoms with Gasteiger partial charge in [-0.1, -0.05) is 30.3 Å². The lowest BCUT2D eigenvalue weighted by Gasteiger charge is -2.27. The van der Waals surface area contributed by atoms with Crippen LogP contribution in [0.2, 0.25) is 0 Å². The highest BCUT2D eigenvalue weighted by Gasteiger charge is 2.17. The highest BCUT2D eigenvalue weighted by molar-refractivity contribution is 5.93. The van der Waals surface area contributed by atoms with Gasteiger partial charge in [-0.2, -0.15) is 0 Å². The molecule has 0 saturated carbocycles. The summed E-state index contributed by atoms with van der Waals surface area (Å²) in [6, 6.07) is 16.9. The number of carbonyl (C=O) groups excluding carboxylic acids is 1. The van der Waals surface area contributed by atoms with Crippen molar-refractivity contribution in [2.45, 2.75) is 32.9 Å². The quantitative estimate of drug-likeness (QED) is 0.771. The van der Waals surface area contributed by atoms with Gasteiger partial charge in [-0.25, -0.2) is 0 Å². The first-order valence-corrected chi connectivity index (χ1v) is 8.49. The maximum atomic E-state index is 12.4. The molecule has 0 aromatic heterocycles. The molecule has 0 fully saturated rings. The summed E-state index contributed by atoms with van der Waals surface area (Å²) in [6.45, 7) is 6.38. The summed E-state index contributed by atoms with van der Waals surface area (Å²) < 4.78 is 5.86. The first kappa shape index (κ1) is 19.0. The van der Waals surface area contributed by atoms with Gasteiger partial charge in [-0.3, -0.25) is 9.69 Å². The number of rotatable bonds is 8. The molecule has 5 heteroatoms. The molecule has 0 aliphatic carbocycles. The molecule has 0 radical (unpaired) electrons. The number of anilines is 1. The Morgan fingerprint density at radius 1 is 1.08 bits per heavy atom. The minimum Gasteiger partial charge on any atom is -0.455 e. The van der Waals surface area contributed by atoms with Crippen LogP contribution in [0.25, 0.3) is 0 Å². The zero-order valence-corrected chi connectivity index (χ0v) is 15.0. The van der Waals surface area contributed by atoms with E-state index in [9.17, 15) is 9.90 Å². The number of nitrogens with zero attached hydrogens (tertiary/aromatic N) is 1. The SMILES string of the molecule is CC(O)CN(CC(=O)Nc1ccccc1Oc1ccccc1)C(C)C. The van der Waals surface area contributed by atoms with Gasteiger partial charge in [0.05, 0.1) is 18.3 Å². The highest BCUT2D eigenvalue weighted by atomic mass is 16.5. The molecule has 1 atom stereocenters. The number of benzene rings is 2. The molecule has 2 N–H and O–H groups in total. The number of aliphatic hydroxyl groups is 1. The third-order valence-corrected chi connectivity index (χ3v) is 3.71. The molecule has 0 heterocycles. The van der Waals surface area contributed by atoms with Gasteiger partial charge in [0, 0.05) is 12.6 Å². The van der Waals surface area contributed by atoms with Crippen molar-refractivity contribution in [3.05, 3.63) is 54.6 Å². The fourth-order valence-corrected chi connectivity index (χ4v) is 2.45. The van der Waals surface area contributed by atoms with E-state index in [2.05, 4.69) is 5.32 Å². The summed E-state index contributed by atoms with van der Waals surface area (Å²) in [4.78, 5) is 14.4. The van der Waals surface area contributed by atoms with Gasteiger partial charge in [0.1, 0.15) is 5.75 Å². The lowest BCUT2D eigenvalue weighted by molar-refractivity contribution is -0.118. The van der Waals surface area contributed by atoms with Crippen molar-refractivity contribution in [2.24, 2.45) is 0 Å². The van der Waals surface area contributed by atoms with E-state index in [0.29, 0.717) is 23.7 Å². The molecule has 25 heavy (non-hydrogen) atoms. The topological polar surface area (TPSA) is 61.8 Å². The molecule has 2 rings (SSSR count). The number of hydrogen-bond donors (Lipinski definition) is 2. The molecule has 1 amide bonds. The molecule has 2 aromatic rings. The van der Waals surface area contributed by atoms with E-state index in [4.69, 9.17) is 4.74 Å². The van der Waals surface area contributed by atoms with Gasteiger partial charge in [0.25, 0.3) is 0 Å². The Kier molecular flexibility index (Phi) is 6.98. The molecule has 2 aromatic carbocycles. The molecule has 1 unspecified atom stereocenters. The first-order valence-electron chi connectivity index (χ1n) is 8.49. The van der Waals surface area contributed by atoms with Crippen LogP contribution in [-0.4, -0.2) is 41.1 Å². The predicted molar refractivity (Wildman–Crippen MR) is 100.0 cm³/mol. The van der Waals surface area contributed by atoms with Gasteiger partial charge >= 0.3 is 0 Å². The largest absolute Gasteiger partial charge is 0.455 e. The zero-order chi connectivity index (χ0) is 18.2. The summed E-state index contributed by atoms with van der Waals surface area (Å²) in [6.07, 6.45) is -0.482. The summed E-state index contributed by atoms with van der Waals surface area (Å²) >= 11 is 0. The van der Waals surface area contributed by atoms with E-state index in [0.717, 1.165) is 0 Å². The number of hydrogen-bond acceptors (Lipinski definition) is 4. The fraction of sp³-hybridized carbons (Fsp3) is 0.350. The third kappa shape index (κ3) is 6.21. The van der Waals surface area contributed by atoms with E-state index in [1.54, 1.807) is 6.92 Å². The van der Waals surface area contributed by atoms with Crippen LogP contribution in [0, 0.1) is 0 Å². The molecule has 0 aliphatic heterocycles. The molecule has 0 aliphatic rings. The van der Waals surface area contributed by atoms with Gasteiger partial charge < -0.3 is 15.2 Å². The second-order valence-electron chi connectivity index (χ2n) is 6.33. The summed E-state index contributed by atoms with van der Waals surface area (Å²) in [5, 5.41) is 12.5. The van der Waals surface area contributed by atoms with E-state index < -0.39 is 6.10 Å². The van der Waals surface area contributed by atoms with Gasteiger partial charge in [0.2, 0.25) is 5.91 Å². The number of amides is 1. The molecule has 0 saturated heterocycles. The lowest BCUT2D eigenvalue weighted by atomic mass is 10.2. The van der Waals surface area contributed by atoms with E-state index in [1.807, 2.05) is 73.3 Å². The fourth-order valence-electron chi connectivity index (χ4n) is 2.45. The van der Waals surface area contributed by atoms with Gasteiger partial charge in [-0.15, -0.1) is 0 Å². The van der Waals surface area contributed by atoms with Crippen molar-refractivity contribution < 1.29 is 14.6 Å². The number of para-hydroxylation sites is 3. The Bertz CT molecular complexity index is 672. The number of nitrogens with one attached hydrogen (secondary N) is 1. The summed E-state index contributed by atoms with van der Waals surface area (Å²) in [7, 11) is 0. The summed E-state index contributed by atoms with van der Waals surface area (Å²) in [5.74, 6) is 1.16. The van der Waals surface area contributed by atoms with Crippen LogP contribution < -0.4 is 10.1 Å². The maximum Gasteiger partial charge on any atom is 0.238 e. The van der Waals surface area contributed by atoms with Crippen LogP contribution in [0.3, 0.4) is 0 Å². The zero-order valence-electron chi connectivity index (χ0n) is 15.0. The van der Waals surface area contributed by atoms with Crippen LogP contribution in [0.4, 0.5) is 5.69 Å². The minimum atomic E-state index is -0.482. The monoisotopic (exact) mass is 342 g/mol. The Morgan fingerprint density at radius 2 is 1.72 bits per heavy atom. The van der Waals surface area contributed by atoms with Crippen LogP contribution in [0.1, 0.15) is 20.8 Å². The van der Waals surface area contributed by atoms with Crippen molar-refractivity contribution in [2.75, 3.05) is 18.4 Å². The number of ether oxygens (including phenoxy) is 1. The van der Waals surface area contributed by atoms with Crippen molar-refractivity contribution in [1.29, 1.82) is 0 Å². The normalized spacial score (nSPS) is 12.2. The Balaban J connectivity index is 2.05. The van der Waals surface area contributed by atoms with E-state index in [1.165, 1.54) is 0 Å². The predicted octanol–water partition coefficient (Wildman–Crippen LogP) is 3.51. The van der Waals surface area contributed by atoms with Crippen molar-refractivity contribution in [1.82, 2.24) is 4.90 Å². The van der Waals surface area contributed by atoms with Crippen molar-refractivity contribution in [3.8, 4) is 11.5 Å². The maximum absolute atomic E-state index is 12.4. The highest BCUT2D eigenvalue weighted by Crippen LogP contribution is 2.29. The van der Waals surface area contributed by atoms with Crippen LogP contribution >= 0.6 is 0 Å². The Hall–Kier alpha value is -2.37. The Labute approximate surface area is 149 Å². The molecule has 134 valence electrons. The molecular weight excluding hydrogens is 316 g/mol. The second-order valence-corrected chi connectivity index (χ2v) is 6.33. The third-order valence-electron chi connectivity index (χ3n) is 3.71.